The van der Waals surface area contributed by atoms with Crippen LogP contribution in [0.4, 0.5) is 17.1 Å². The fourth-order valence-electron chi connectivity index (χ4n) is 9.74. The molecule has 9 aromatic carbocycles. The Bertz CT molecular complexity index is 3320. The first kappa shape index (κ1) is 33.4. The van der Waals surface area contributed by atoms with E-state index in [9.17, 15) is 0 Å². The van der Waals surface area contributed by atoms with Crippen molar-refractivity contribution in [1.29, 1.82) is 0 Å². The second kappa shape index (κ2) is 13.1. The predicted molar refractivity (Wildman–Crippen MR) is 250 cm³/mol. The number of nitrogens with zero attached hydrogens (tertiary/aromatic N) is 1. The van der Waals surface area contributed by atoms with Gasteiger partial charge in [-0.2, -0.15) is 0 Å². The molecule has 12 rings (SSSR count). The Morgan fingerprint density at radius 1 is 0.328 bits per heavy atom. The number of para-hydroxylation sites is 1. The van der Waals surface area contributed by atoms with Crippen LogP contribution in [0.3, 0.4) is 0 Å². The number of rotatable bonds is 6. The van der Waals surface area contributed by atoms with E-state index in [1.807, 2.05) is 22.7 Å². The number of thiophene rings is 2. The SMILES string of the molecule is c1ccc(C2(c3ccccc3)c3ccccc3-c3ccc(N(c4ccccc4-c4cccc5c4sc4ccccc45)c4cccc5c4sc4ccccc45)cc32)cc1. The molecule has 1 nitrogen and oxygen atoms in total. The molecule has 0 atom stereocenters. The van der Waals surface area contributed by atoms with Crippen molar-refractivity contribution in [2.75, 3.05) is 4.90 Å². The van der Waals surface area contributed by atoms with Crippen molar-refractivity contribution in [3.05, 3.63) is 235 Å². The Balaban J connectivity index is 1.18. The lowest BCUT2D eigenvalue weighted by molar-refractivity contribution is 0.768. The molecule has 0 bridgehead atoms. The van der Waals surface area contributed by atoms with Crippen LogP contribution in [0.2, 0.25) is 0 Å². The minimum Gasteiger partial charge on any atom is -0.308 e. The molecule has 0 unspecified atom stereocenters. The molecule has 1 aliphatic carbocycles. The summed E-state index contributed by atoms with van der Waals surface area (Å²) in [6.07, 6.45) is 0. The number of benzene rings is 9. The molecule has 0 amide bonds. The van der Waals surface area contributed by atoms with Crippen LogP contribution in [0.25, 0.3) is 62.6 Å². The van der Waals surface area contributed by atoms with E-state index in [0.29, 0.717) is 0 Å². The summed E-state index contributed by atoms with van der Waals surface area (Å²) in [7, 11) is 0. The van der Waals surface area contributed by atoms with Gasteiger partial charge in [0.25, 0.3) is 0 Å². The average Bonchev–Trinajstić information content (AvgIpc) is 3.96. The predicted octanol–water partition coefficient (Wildman–Crippen LogP) is 15.9. The first-order chi connectivity index (χ1) is 28.8. The van der Waals surface area contributed by atoms with Crippen LogP contribution in [0.15, 0.2) is 212 Å². The van der Waals surface area contributed by atoms with E-state index in [-0.39, 0.29) is 0 Å². The molecule has 2 aromatic heterocycles. The van der Waals surface area contributed by atoms with Crippen LogP contribution in [0.1, 0.15) is 22.3 Å². The second-order valence-electron chi connectivity index (χ2n) is 15.1. The number of hydrogen-bond donors (Lipinski definition) is 0. The Morgan fingerprint density at radius 3 is 1.55 bits per heavy atom. The maximum absolute atomic E-state index is 2.54. The molecule has 1 aliphatic rings. The summed E-state index contributed by atoms with van der Waals surface area (Å²) in [6.45, 7) is 0. The van der Waals surface area contributed by atoms with Gasteiger partial charge in [-0.05, 0) is 69.8 Å². The summed E-state index contributed by atoms with van der Waals surface area (Å²) in [5, 5.41) is 5.19. The van der Waals surface area contributed by atoms with Crippen LogP contribution in [-0.2, 0) is 5.41 Å². The Labute approximate surface area is 345 Å². The largest absolute Gasteiger partial charge is 0.308 e. The highest BCUT2D eigenvalue weighted by Gasteiger charge is 2.46. The van der Waals surface area contributed by atoms with Crippen molar-refractivity contribution < 1.29 is 0 Å². The standard InChI is InChI=1S/C55H35NS2/c1-3-17-36(18-4-1)55(37-19-5-2-6-20-37)47-28-11-7-21-39(47)40-34-33-38(35-48(40)55)56(50-30-16-27-46-43-24-10-14-32-52(43)58-54(46)50)49-29-12-8-22-41(49)44-25-15-26-45-42-23-9-13-31-51(42)57-53(44)45/h1-35H. The monoisotopic (exact) mass is 773 g/mol. The highest BCUT2D eigenvalue weighted by atomic mass is 32.1. The zero-order valence-electron chi connectivity index (χ0n) is 31.5. The van der Waals surface area contributed by atoms with Gasteiger partial charge in [0.2, 0.25) is 0 Å². The van der Waals surface area contributed by atoms with Crippen molar-refractivity contribution in [1.82, 2.24) is 0 Å². The zero-order chi connectivity index (χ0) is 38.2. The fraction of sp³-hybridized carbons (Fsp3) is 0.0182. The molecule has 0 saturated heterocycles. The molecular formula is C55H35NS2. The third kappa shape index (κ3) is 4.81. The highest BCUT2D eigenvalue weighted by molar-refractivity contribution is 7.26. The van der Waals surface area contributed by atoms with Gasteiger partial charge in [-0.15, -0.1) is 22.7 Å². The van der Waals surface area contributed by atoms with Gasteiger partial charge in [-0.1, -0.05) is 176 Å². The summed E-state index contributed by atoms with van der Waals surface area (Å²) < 4.78 is 5.20. The quantitative estimate of drug-likeness (QED) is 0.163. The summed E-state index contributed by atoms with van der Waals surface area (Å²) in [6, 6.07) is 78.8. The second-order valence-corrected chi connectivity index (χ2v) is 17.2. The van der Waals surface area contributed by atoms with Crippen molar-refractivity contribution in [2.24, 2.45) is 0 Å². The molecular weight excluding hydrogens is 739 g/mol. The first-order valence-electron chi connectivity index (χ1n) is 19.8. The van der Waals surface area contributed by atoms with Gasteiger partial charge in [0.1, 0.15) is 0 Å². The molecule has 58 heavy (non-hydrogen) atoms. The number of fused-ring (bicyclic) bond motifs is 9. The van der Waals surface area contributed by atoms with Crippen LogP contribution >= 0.6 is 22.7 Å². The molecule has 0 aliphatic heterocycles. The lowest BCUT2D eigenvalue weighted by atomic mass is 9.67. The zero-order valence-corrected chi connectivity index (χ0v) is 33.1. The van der Waals surface area contributed by atoms with Gasteiger partial charge < -0.3 is 4.90 Å². The summed E-state index contributed by atoms with van der Waals surface area (Å²) >= 11 is 3.77. The molecule has 0 radical (unpaired) electrons. The van der Waals surface area contributed by atoms with Crippen LogP contribution in [-0.4, -0.2) is 0 Å². The van der Waals surface area contributed by atoms with Gasteiger partial charge in [0.15, 0.2) is 0 Å². The maximum atomic E-state index is 2.54. The fourth-order valence-corrected chi connectivity index (χ4v) is 12.2. The first-order valence-corrected chi connectivity index (χ1v) is 21.5. The Morgan fingerprint density at radius 2 is 0.828 bits per heavy atom. The van der Waals surface area contributed by atoms with E-state index in [0.717, 1.165) is 11.4 Å². The van der Waals surface area contributed by atoms with E-state index in [2.05, 4.69) is 217 Å². The topological polar surface area (TPSA) is 3.24 Å². The van der Waals surface area contributed by atoms with Gasteiger partial charge in [0.05, 0.1) is 21.5 Å². The average molecular weight is 774 g/mol. The van der Waals surface area contributed by atoms with E-state index in [1.54, 1.807) is 0 Å². The van der Waals surface area contributed by atoms with E-state index < -0.39 is 5.41 Å². The van der Waals surface area contributed by atoms with Crippen LogP contribution in [0, 0.1) is 0 Å². The summed E-state index contributed by atoms with van der Waals surface area (Å²) in [5.41, 5.74) is 13.1. The van der Waals surface area contributed by atoms with Gasteiger partial charge in [-0.25, -0.2) is 0 Å². The summed E-state index contributed by atoms with van der Waals surface area (Å²) in [5.74, 6) is 0. The summed E-state index contributed by atoms with van der Waals surface area (Å²) in [4.78, 5) is 2.54. The van der Waals surface area contributed by atoms with Gasteiger partial charge >= 0.3 is 0 Å². The van der Waals surface area contributed by atoms with Crippen molar-refractivity contribution in [2.45, 2.75) is 5.41 Å². The molecule has 272 valence electrons. The number of anilines is 3. The number of hydrogen-bond acceptors (Lipinski definition) is 3. The van der Waals surface area contributed by atoms with E-state index in [4.69, 9.17) is 0 Å². The van der Waals surface area contributed by atoms with E-state index >= 15 is 0 Å². The molecule has 0 spiro atoms. The van der Waals surface area contributed by atoms with Crippen molar-refractivity contribution in [3.63, 3.8) is 0 Å². The van der Waals surface area contributed by atoms with Crippen molar-refractivity contribution in [3.8, 4) is 22.3 Å². The van der Waals surface area contributed by atoms with Gasteiger partial charge in [0, 0.05) is 52.5 Å². The lowest BCUT2D eigenvalue weighted by Gasteiger charge is -2.35. The normalized spacial score (nSPS) is 13.0. The van der Waals surface area contributed by atoms with E-state index in [1.165, 1.54) is 90.5 Å². The van der Waals surface area contributed by atoms with Crippen LogP contribution < -0.4 is 4.90 Å². The third-order valence-electron chi connectivity index (χ3n) is 12.2. The molecule has 11 aromatic rings. The van der Waals surface area contributed by atoms with Gasteiger partial charge in [-0.3, -0.25) is 0 Å². The third-order valence-corrected chi connectivity index (χ3v) is 14.6. The minimum atomic E-state index is -0.512. The van der Waals surface area contributed by atoms with Crippen molar-refractivity contribution >= 4 is 80.1 Å². The Hall–Kier alpha value is -6.78. The minimum absolute atomic E-state index is 0.512. The van der Waals surface area contributed by atoms with Crippen LogP contribution in [0.5, 0.6) is 0 Å². The molecule has 3 heteroatoms. The highest BCUT2D eigenvalue weighted by Crippen LogP contribution is 2.58. The lowest BCUT2D eigenvalue weighted by Crippen LogP contribution is -2.28. The molecule has 0 N–H and O–H groups in total. The molecule has 0 fully saturated rings. The molecule has 0 saturated carbocycles. The smallest absolute Gasteiger partial charge is 0.0714 e. The molecule has 2 heterocycles. The maximum Gasteiger partial charge on any atom is 0.0714 e. The Kier molecular flexibility index (Phi) is 7.56.